The van der Waals surface area contributed by atoms with E-state index < -0.39 is 0 Å². The Morgan fingerprint density at radius 2 is 1.83 bits per heavy atom. The van der Waals surface area contributed by atoms with E-state index in [1.165, 1.54) is 0 Å². The molecule has 3 rings (SSSR count). The fourth-order valence-electron chi connectivity index (χ4n) is 2.52. The van der Waals surface area contributed by atoms with Crippen molar-refractivity contribution in [2.45, 2.75) is 6.42 Å². The molecule has 0 radical (unpaired) electrons. The molecule has 0 bridgehead atoms. The predicted molar refractivity (Wildman–Crippen MR) is 96.5 cm³/mol. The summed E-state index contributed by atoms with van der Waals surface area (Å²) in [6, 6.07) is 17.2. The van der Waals surface area contributed by atoms with Gasteiger partial charge in [0.25, 0.3) is 0 Å². The molecular weight excluding hydrogens is 302 g/mol. The Bertz CT molecular complexity index is 843. The Morgan fingerprint density at radius 3 is 2.71 bits per heavy atom. The van der Waals surface area contributed by atoms with Crippen molar-refractivity contribution in [2.24, 2.45) is 0 Å². The highest BCUT2D eigenvalue weighted by Gasteiger charge is 2.07. The van der Waals surface area contributed by atoms with E-state index in [-0.39, 0.29) is 5.91 Å². The zero-order chi connectivity index (χ0) is 16.8. The van der Waals surface area contributed by atoms with Crippen LogP contribution in [0.25, 0.3) is 10.9 Å². The Labute approximate surface area is 140 Å². The lowest BCUT2D eigenvalue weighted by atomic mass is 10.2. The van der Waals surface area contributed by atoms with Crippen molar-refractivity contribution in [3.63, 3.8) is 0 Å². The lowest BCUT2D eigenvalue weighted by molar-refractivity contribution is -0.116. The molecule has 0 aliphatic rings. The summed E-state index contributed by atoms with van der Waals surface area (Å²) < 4.78 is 5.23. The fourth-order valence-corrected chi connectivity index (χ4v) is 2.52. The van der Waals surface area contributed by atoms with E-state index in [1.807, 2.05) is 54.6 Å². The van der Waals surface area contributed by atoms with Gasteiger partial charge in [-0.2, -0.15) is 0 Å². The molecule has 24 heavy (non-hydrogen) atoms. The summed E-state index contributed by atoms with van der Waals surface area (Å²) in [6.45, 7) is 0.524. The third-order valence-electron chi connectivity index (χ3n) is 3.68. The summed E-state index contributed by atoms with van der Waals surface area (Å²) in [5.41, 5.74) is 2.51. The molecule has 0 saturated heterocycles. The Kier molecular flexibility index (Phi) is 4.91. The molecule has 0 aliphatic carbocycles. The number of anilines is 2. The number of carbonyl (C=O) groups is 1. The van der Waals surface area contributed by atoms with Crippen LogP contribution in [0.2, 0.25) is 0 Å². The Morgan fingerprint density at radius 1 is 1.04 bits per heavy atom. The van der Waals surface area contributed by atoms with Crippen LogP contribution in [0.3, 0.4) is 0 Å². The molecule has 0 saturated carbocycles. The number of hydrogen-bond acceptors (Lipinski definition) is 4. The lowest BCUT2D eigenvalue weighted by Gasteiger charge is -2.11. The smallest absolute Gasteiger partial charge is 0.226 e. The summed E-state index contributed by atoms with van der Waals surface area (Å²) in [4.78, 5) is 16.5. The highest BCUT2D eigenvalue weighted by molar-refractivity contribution is 5.93. The monoisotopic (exact) mass is 321 g/mol. The molecule has 122 valence electrons. The molecule has 1 amide bonds. The number of nitrogens with zero attached hydrogens (tertiary/aromatic N) is 1. The number of ether oxygens (including phenoxy) is 1. The molecule has 0 atom stereocenters. The van der Waals surface area contributed by atoms with Crippen LogP contribution in [-0.4, -0.2) is 24.5 Å². The Hall–Kier alpha value is -3.08. The third-order valence-corrected chi connectivity index (χ3v) is 3.68. The summed E-state index contributed by atoms with van der Waals surface area (Å²) in [5.74, 6) is 0.581. The van der Waals surface area contributed by atoms with Crippen molar-refractivity contribution in [3.05, 3.63) is 60.8 Å². The summed E-state index contributed by atoms with van der Waals surface area (Å²) >= 11 is 0. The summed E-state index contributed by atoms with van der Waals surface area (Å²) in [5, 5.41) is 7.21. The number of aromatic nitrogens is 1. The van der Waals surface area contributed by atoms with Crippen molar-refractivity contribution < 1.29 is 9.53 Å². The second-order valence-corrected chi connectivity index (χ2v) is 5.31. The van der Waals surface area contributed by atoms with Crippen molar-refractivity contribution in [3.8, 4) is 5.75 Å². The maximum Gasteiger partial charge on any atom is 0.226 e. The van der Waals surface area contributed by atoms with Gasteiger partial charge in [-0.05, 0) is 24.3 Å². The van der Waals surface area contributed by atoms with Crippen LogP contribution in [0.15, 0.2) is 60.8 Å². The molecule has 0 fully saturated rings. The number of para-hydroxylation sites is 3. The number of rotatable bonds is 6. The molecule has 0 aliphatic heterocycles. The quantitative estimate of drug-likeness (QED) is 0.727. The summed E-state index contributed by atoms with van der Waals surface area (Å²) in [7, 11) is 1.58. The normalized spacial score (nSPS) is 10.4. The molecule has 1 heterocycles. The van der Waals surface area contributed by atoms with Gasteiger partial charge in [0.2, 0.25) is 5.91 Å². The second kappa shape index (κ2) is 7.46. The zero-order valence-corrected chi connectivity index (χ0v) is 13.5. The minimum atomic E-state index is -0.0693. The number of nitrogens with one attached hydrogen (secondary N) is 2. The van der Waals surface area contributed by atoms with Crippen LogP contribution in [0.4, 0.5) is 11.4 Å². The van der Waals surface area contributed by atoms with Gasteiger partial charge in [-0.1, -0.05) is 30.3 Å². The Balaban J connectivity index is 1.59. The van der Waals surface area contributed by atoms with Crippen LogP contribution in [-0.2, 0) is 4.79 Å². The van der Waals surface area contributed by atoms with Gasteiger partial charge in [-0.3, -0.25) is 9.78 Å². The van der Waals surface area contributed by atoms with E-state index in [4.69, 9.17) is 4.74 Å². The minimum Gasteiger partial charge on any atom is -0.495 e. The van der Waals surface area contributed by atoms with E-state index in [0.29, 0.717) is 24.4 Å². The van der Waals surface area contributed by atoms with Crippen molar-refractivity contribution >= 4 is 28.2 Å². The number of amides is 1. The average molecular weight is 321 g/mol. The molecule has 5 heteroatoms. The van der Waals surface area contributed by atoms with Crippen LogP contribution in [0.5, 0.6) is 5.75 Å². The standard InChI is InChI=1S/C19H19N3O2/c1-24-17-10-3-2-8-15(17)22-18(23)11-13-20-16-9-4-6-14-7-5-12-21-19(14)16/h2-10,12,20H,11,13H2,1H3,(H,22,23). The number of hydrogen-bond donors (Lipinski definition) is 2. The maximum absolute atomic E-state index is 12.1. The van der Waals surface area contributed by atoms with Gasteiger partial charge in [0.15, 0.2) is 0 Å². The molecule has 1 aromatic heterocycles. The second-order valence-electron chi connectivity index (χ2n) is 5.31. The number of fused-ring (bicyclic) bond motifs is 1. The number of benzene rings is 2. The van der Waals surface area contributed by atoms with E-state index in [9.17, 15) is 4.79 Å². The topological polar surface area (TPSA) is 63.2 Å². The first kappa shape index (κ1) is 15.8. The van der Waals surface area contributed by atoms with Gasteiger partial charge in [0.05, 0.1) is 24.0 Å². The van der Waals surface area contributed by atoms with Crippen molar-refractivity contribution in [2.75, 3.05) is 24.3 Å². The minimum absolute atomic E-state index is 0.0693. The molecule has 0 spiro atoms. The van der Waals surface area contributed by atoms with Gasteiger partial charge in [-0.15, -0.1) is 0 Å². The molecule has 5 nitrogen and oxygen atoms in total. The van der Waals surface area contributed by atoms with Crippen molar-refractivity contribution in [1.82, 2.24) is 4.98 Å². The number of carbonyl (C=O) groups excluding carboxylic acids is 1. The highest BCUT2D eigenvalue weighted by Crippen LogP contribution is 2.23. The van der Waals surface area contributed by atoms with E-state index in [1.54, 1.807) is 13.3 Å². The van der Waals surface area contributed by atoms with E-state index in [2.05, 4.69) is 15.6 Å². The molecule has 0 unspecified atom stereocenters. The zero-order valence-electron chi connectivity index (χ0n) is 13.5. The van der Waals surface area contributed by atoms with Crippen LogP contribution < -0.4 is 15.4 Å². The first-order valence-electron chi connectivity index (χ1n) is 7.78. The van der Waals surface area contributed by atoms with Crippen LogP contribution in [0.1, 0.15) is 6.42 Å². The molecule has 2 N–H and O–H groups in total. The van der Waals surface area contributed by atoms with Gasteiger partial charge in [0, 0.05) is 24.5 Å². The first-order chi connectivity index (χ1) is 11.8. The van der Waals surface area contributed by atoms with Crippen LogP contribution >= 0.6 is 0 Å². The van der Waals surface area contributed by atoms with E-state index in [0.717, 1.165) is 16.6 Å². The van der Waals surface area contributed by atoms with Gasteiger partial charge >= 0.3 is 0 Å². The molecular formula is C19H19N3O2. The van der Waals surface area contributed by atoms with Crippen molar-refractivity contribution in [1.29, 1.82) is 0 Å². The third kappa shape index (κ3) is 3.63. The SMILES string of the molecule is COc1ccccc1NC(=O)CCNc1cccc2cccnc12. The van der Waals surface area contributed by atoms with Gasteiger partial charge in [-0.25, -0.2) is 0 Å². The average Bonchev–Trinajstić information content (AvgIpc) is 2.62. The van der Waals surface area contributed by atoms with Gasteiger partial charge in [0.1, 0.15) is 5.75 Å². The largest absolute Gasteiger partial charge is 0.495 e. The molecule has 2 aromatic carbocycles. The highest BCUT2D eigenvalue weighted by atomic mass is 16.5. The van der Waals surface area contributed by atoms with Crippen LogP contribution in [0, 0.1) is 0 Å². The van der Waals surface area contributed by atoms with Gasteiger partial charge < -0.3 is 15.4 Å². The fraction of sp³-hybridized carbons (Fsp3) is 0.158. The first-order valence-corrected chi connectivity index (χ1v) is 7.78. The number of pyridine rings is 1. The van der Waals surface area contributed by atoms with E-state index >= 15 is 0 Å². The predicted octanol–water partition coefficient (Wildman–Crippen LogP) is 3.68. The summed E-state index contributed by atoms with van der Waals surface area (Å²) in [6.07, 6.45) is 2.11. The maximum atomic E-state index is 12.1. The molecule has 3 aromatic rings. The number of methoxy groups -OCH3 is 1. The lowest BCUT2D eigenvalue weighted by Crippen LogP contribution is -2.16.